The quantitative estimate of drug-likeness (QED) is 0.589. The number of hydrogen-bond acceptors (Lipinski definition) is 5. The molecule has 1 aliphatic carbocycles. The number of para-hydroxylation sites is 1. The summed E-state index contributed by atoms with van der Waals surface area (Å²) in [6.45, 7) is 10.4. The standard InChI is InChI=1S/C27H39N3O2/c1-4-12-29(16-13-28-14-17-30(18-15-28)24-8-6-5-7-9-24)25-11-10-22-20-26(31-2)27(32-3)21-23(22)19-25/h5-9,20-21,25H,4,10-19H2,1-3H3. The van der Waals surface area contributed by atoms with Gasteiger partial charge in [-0.1, -0.05) is 25.1 Å². The lowest BCUT2D eigenvalue weighted by Crippen LogP contribution is -2.50. The van der Waals surface area contributed by atoms with E-state index in [0.29, 0.717) is 6.04 Å². The topological polar surface area (TPSA) is 28.2 Å². The summed E-state index contributed by atoms with van der Waals surface area (Å²) in [6.07, 6.45) is 4.66. The van der Waals surface area contributed by atoms with Gasteiger partial charge in [0, 0.05) is 51.0 Å². The van der Waals surface area contributed by atoms with Crippen molar-refractivity contribution in [3.05, 3.63) is 53.6 Å². The Kier molecular flexibility index (Phi) is 7.93. The largest absolute Gasteiger partial charge is 0.493 e. The molecule has 0 radical (unpaired) electrons. The van der Waals surface area contributed by atoms with Crippen LogP contribution in [0.15, 0.2) is 42.5 Å². The molecule has 0 bridgehead atoms. The molecule has 5 nitrogen and oxygen atoms in total. The Labute approximate surface area is 193 Å². The van der Waals surface area contributed by atoms with Crippen molar-refractivity contribution >= 4 is 5.69 Å². The van der Waals surface area contributed by atoms with Crippen LogP contribution >= 0.6 is 0 Å². The summed E-state index contributed by atoms with van der Waals surface area (Å²) in [6, 6.07) is 15.8. The van der Waals surface area contributed by atoms with Gasteiger partial charge in [0.05, 0.1) is 14.2 Å². The molecule has 1 fully saturated rings. The average Bonchev–Trinajstić information content (AvgIpc) is 2.86. The SMILES string of the molecule is CCCN(CCN1CCN(c2ccccc2)CC1)C1CCc2cc(OC)c(OC)cc2C1. The third-order valence-electron chi connectivity index (χ3n) is 7.13. The molecule has 0 saturated carbocycles. The Morgan fingerprint density at radius 3 is 2.25 bits per heavy atom. The van der Waals surface area contributed by atoms with Gasteiger partial charge >= 0.3 is 0 Å². The lowest BCUT2D eigenvalue weighted by molar-refractivity contribution is 0.145. The first kappa shape index (κ1) is 22.9. The fourth-order valence-electron chi connectivity index (χ4n) is 5.28. The highest BCUT2D eigenvalue weighted by Gasteiger charge is 2.26. The van der Waals surface area contributed by atoms with Gasteiger partial charge in [0.15, 0.2) is 11.5 Å². The second-order valence-corrected chi connectivity index (χ2v) is 9.07. The number of methoxy groups -OCH3 is 2. The van der Waals surface area contributed by atoms with E-state index in [2.05, 4.69) is 64.1 Å². The van der Waals surface area contributed by atoms with E-state index in [1.807, 2.05) is 0 Å². The Morgan fingerprint density at radius 2 is 1.59 bits per heavy atom. The monoisotopic (exact) mass is 437 g/mol. The number of aryl methyl sites for hydroxylation is 1. The fourth-order valence-corrected chi connectivity index (χ4v) is 5.28. The zero-order chi connectivity index (χ0) is 22.3. The lowest BCUT2D eigenvalue weighted by atomic mass is 9.87. The molecule has 0 spiro atoms. The first-order chi connectivity index (χ1) is 15.7. The van der Waals surface area contributed by atoms with Crippen LogP contribution in [0.25, 0.3) is 0 Å². The van der Waals surface area contributed by atoms with Gasteiger partial charge in [-0.05, 0) is 67.6 Å². The molecule has 32 heavy (non-hydrogen) atoms. The molecule has 174 valence electrons. The van der Waals surface area contributed by atoms with Crippen molar-refractivity contribution in [3.63, 3.8) is 0 Å². The molecule has 0 N–H and O–H groups in total. The number of piperazine rings is 1. The summed E-state index contributed by atoms with van der Waals surface area (Å²) < 4.78 is 11.1. The molecule has 1 atom stereocenters. The number of fused-ring (bicyclic) bond motifs is 1. The van der Waals surface area contributed by atoms with Gasteiger partial charge in [0.1, 0.15) is 0 Å². The average molecular weight is 438 g/mol. The van der Waals surface area contributed by atoms with Crippen LogP contribution in [0, 0.1) is 0 Å². The van der Waals surface area contributed by atoms with Crippen molar-refractivity contribution in [2.45, 2.75) is 38.6 Å². The summed E-state index contributed by atoms with van der Waals surface area (Å²) in [5.41, 5.74) is 4.21. The van der Waals surface area contributed by atoms with Gasteiger partial charge in [-0.2, -0.15) is 0 Å². The normalized spacial score (nSPS) is 19.1. The van der Waals surface area contributed by atoms with Gasteiger partial charge in [0.25, 0.3) is 0 Å². The van der Waals surface area contributed by atoms with Crippen LogP contribution in [0.2, 0.25) is 0 Å². The number of hydrogen-bond donors (Lipinski definition) is 0. The number of rotatable bonds is 9. The molecule has 2 aliphatic rings. The lowest BCUT2D eigenvalue weighted by Gasteiger charge is -2.39. The highest BCUT2D eigenvalue weighted by Crippen LogP contribution is 2.35. The molecule has 0 aromatic heterocycles. The van der Waals surface area contributed by atoms with Gasteiger partial charge in [-0.3, -0.25) is 9.80 Å². The summed E-state index contributed by atoms with van der Waals surface area (Å²) in [5.74, 6) is 1.70. The van der Waals surface area contributed by atoms with E-state index < -0.39 is 0 Å². The van der Waals surface area contributed by atoms with Crippen LogP contribution < -0.4 is 14.4 Å². The minimum absolute atomic E-state index is 0.617. The van der Waals surface area contributed by atoms with Gasteiger partial charge in [-0.15, -0.1) is 0 Å². The molecular weight excluding hydrogens is 398 g/mol. The van der Waals surface area contributed by atoms with Crippen molar-refractivity contribution in [3.8, 4) is 11.5 Å². The molecule has 1 unspecified atom stereocenters. The van der Waals surface area contributed by atoms with Gasteiger partial charge in [-0.25, -0.2) is 0 Å². The van der Waals surface area contributed by atoms with Crippen LogP contribution in [0.1, 0.15) is 30.9 Å². The van der Waals surface area contributed by atoms with Crippen molar-refractivity contribution < 1.29 is 9.47 Å². The predicted molar refractivity (Wildman–Crippen MR) is 132 cm³/mol. The van der Waals surface area contributed by atoms with E-state index >= 15 is 0 Å². The van der Waals surface area contributed by atoms with Crippen LogP contribution in [0.3, 0.4) is 0 Å². The van der Waals surface area contributed by atoms with E-state index in [-0.39, 0.29) is 0 Å². The molecule has 4 rings (SSSR count). The zero-order valence-electron chi connectivity index (χ0n) is 20.1. The smallest absolute Gasteiger partial charge is 0.161 e. The predicted octanol–water partition coefficient (Wildman–Crippen LogP) is 4.10. The number of anilines is 1. The second kappa shape index (κ2) is 11.1. The number of ether oxygens (including phenoxy) is 2. The minimum atomic E-state index is 0.617. The highest BCUT2D eigenvalue weighted by atomic mass is 16.5. The molecule has 5 heteroatoms. The summed E-state index contributed by atoms with van der Waals surface area (Å²) in [4.78, 5) is 7.90. The number of benzene rings is 2. The molecule has 0 amide bonds. The highest BCUT2D eigenvalue weighted by molar-refractivity contribution is 5.49. The van der Waals surface area contributed by atoms with E-state index in [4.69, 9.17) is 9.47 Å². The maximum absolute atomic E-state index is 5.56. The van der Waals surface area contributed by atoms with Crippen LogP contribution in [-0.4, -0.2) is 75.9 Å². The first-order valence-electron chi connectivity index (χ1n) is 12.2. The minimum Gasteiger partial charge on any atom is -0.493 e. The van der Waals surface area contributed by atoms with Gasteiger partial charge < -0.3 is 14.4 Å². The third kappa shape index (κ3) is 5.38. The summed E-state index contributed by atoms with van der Waals surface area (Å²) in [7, 11) is 3.45. The number of nitrogens with zero attached hydrogens (tertiary/aromatic N) is 3. The Bertz CT molecular complexity index is 849. The third-order valence-corrected chi connectivity index (χ3v) is 7.13. The summed E-state index contributed by atoms with van der Waals surface area (Å²) in [5, 5.41) is 0. The van der Waals surface area contributed by atoms with Crippen LogP contribution in [0.5, 0.6) is 11.5 Å². The van der Waals surface area contributed by atoms with Crippen LogP contribution in [0.4, 0.5) is 5.69 Å². The van der Waals surface area contributed by atoms with Crippen molar-refractivity contribution in [1.29, 1.82) is 0 Å². The van der Waals surface area contributed by atoms with E-state index in [0.717, 1.165) is 63.6 Å². The Morgan fingerprint density at radius 1 is 0.906 bits per heavy atom. The fraction of sp³-hybridized carbons (Fsp3) is 0.556. The van der Waals surface area contributed by atoms with Crippen molar-refractivity contribution in [2.75, 3.05) is 64.9 Å². The van der Waals surface area contributed by atoms with Gasteiger partial charge in [0.2, 0.25) is 0 Å². The van der Waals surface area contributed by atoms with E-state index in [1.54, 1.807) is 14.2 Å². The summed E-state index contributed by atoms with van der Waals surface area (Å²) >= 11 is 0. The molecule has 1 heterocycles. The van der Waals surface area contributed by atoms with E-state index in [9.17, 15) is 0 Å². The second-order valence-electron chi connectivity index (χ2n) is 9.07. The van der Waals surface area contributed by atoms with Crippen LogP contribution in [-0.2, 0) is 12.8 Å². The molecule has 2 aromatic carbocycles. The maximum atomic E-state index is 5.56. The van der Waals surface area contributed by atoms with E-state index in [1.165, 1.54) is 36.2 Å². The zero-order valence-corrected chi connectivity index (χ0v) is 20.1. The first-order valence-corrected chi connectivity index (χ1v) is 12.2. The molecule has 2 aromatic rings. The Balaban J connectivity index is 1.32. The molecule has 1 aliphatic heterocycles. The van der Waals surface area contributed by atoms with Crippen molar-refractivity contribution in [1.82, 2.24) is 9.80 Å². The maximum Gasteiger partial charge on any atom is 0.161 e. The van der Waals surface area contributed by atoms with Crippen molar-refractivity contribution in [2.24, 2.45) is 0 Å². The molecular formula is C27H39N3O2. The molecule has 1 saturated heterocycles. The Hall–Kier alpha value is -2.24.